The van der Waals surface area contributed by atoms with Gasteiger partial charge in [-0.2, -0.15) is 0 Å². The van der Waals surface area contributed by atoms with E-state index in [2.05, 4.69) is 26.1 Å². The number of unbranched alkanes of at least 4 members (excludes halogenated alkanes) is 29. The zero-order valence-electron chi connectivity index (χ0n) is 41.8. The van der Waals surface area contributed by atoms with E-state index in [0.29, 0.717) is 25.7 Å². The van der Waals surface area contributed by atoms with E-state index in [4.69, 9.17) is 18.9 Å². The van der Waals surface area contributed by atoms with E-state index < -0.39 is 61.2 Å². The fourth-order valence-electron chi connectivity index (χ4n) is 8.87. The van der Waals surface area contributed by atoms with Crippen LogP contribution in [0.1, 0.15) is 251 Å². The lowest BCUT2D eigenvalue weighted by Crippen LogP contribution is -2.66. The molecule has 1 saturated heterocycles. The van der Waals surface area contributed by atoms with Crippen LogP contribution in [0.3, 0.4) is 0 Å². The number of carbonyl (C=O) groups excluding carboxylic acids is 3. The Morgan fingerprint density at radius 1 is 0.585 bits per heavy atom. The number of benzene rings is 1. The Bertz CT molecular complexity index is 1280. The van der Waals surface area contributed by atoms with Crippen LogP contribution in [0, 0.1) is 0 Å². The Kier molecular flexibility index (Phi) is 36.5. The highest BCUT2D eigenvalue weighted by Crippen LogP contribution is 2.27. The van der Waals surface area contributed by atoms with Crippen LogP contribution in [0.4, 0.5) is 0 Å². The molecule has 0 radical (unpaired) electrons. The summed E-state index contributed by atoms with van der Waals surface area (Å²) in [5, 5.41) is 24.7. The summed E-state index contributed by atoms with van der Waals surface area (Å²) in [7, 11) is 0. The number of nitrogens with one attached hydrogen (secondary N) is 1. The Morgan fingerprint density at radius 2 is 1.00 bits per heavy atom. The van der Waals surface area contributed by atoms with Crippen molar-refractivity contribution in [3.05, 3.63) is 35.9 Å². The van der Waals surface area contributed by atoms with Gasteiger partial charge in [-0.05, 0) is 31.2 Å². The second-order valence-corrected chi connectivity index (χ2v) is 19.0. The molecule has 1 heterocycles. The monoisotopic (exact) mass is 916 g/mol. The summed E-state index contributed by atoms with van der Waals surface area (Å²) < 4.78 is 24.3. The molecule has 1 amide bonds. The number of aliphatic hydroxyl groups excluding tert-OH is 2. The van der Waals surface area contributed by atoms with Crippen LogP contribution in [-0.4, -0.2) is 71.4 Å². The maximum absolute atomic E-state index is 14.3. The van der Waals surface area contributed by atoms with E-state index in [-0.39, 0.29) is 19.4 Å². The topological polar surface area (TPSA) is 141 Å². The quantitative estimate of drug-likeness (QED) is 0.0431. The minimum absolute atomic E-state index is 0.113. The summed E-state index contributed by atoms with van der Waals surface area (Å²) in [4.78, 5) is 41.1. The lowest BCUT2D eigenvalue weighted by molar-refractivity contribution is -0.277. The molecule has 0 bridgehead atoms. The standard InChI is InChI=1S/C55H97NO9/c1-4-7-10-13-16-19-22-25-28-31-37-42-49(58)63-47(41-36-30-27-24-21-18-15-12-9-6-3)54(61)56-51-53(65-50(59)43-38-32-29-26-23-20-17-14-11-8-5-2)52(60)48(44-57)64-55(51)62-45-46-39-34-33-35-40-46/h33-35,39-40,47-48,51-53,55,57,60H,4-32,36-38,41-45H2,1-3H3,(H,56,61)/t47?,48-,51-,52-,53-,55?/m1/s1. The summed E-state index contributed by atoms with van der Waals surface area (Å²) in [6.45, 7) is 6.28. The molecule has 1 aromatic carbocycles. The van der Waals surface area contributed by atoms with Gasteiger partial charge in [-0.25, -0.2) is 0 Å². The van der Waals surface area contributed by atoms with Crippen LogP contribution in [0.15, 0.2) is 30.3 Å². The van der Waals surface area contributed by atoms with E-state index >= 15 is 0 Å². The third-order valence-corrected chi connectivity index (χ3v) is 13.0. The summed E-state index contributed by atoms with van der Waals surface area (Å²) in [6, 6.07) is 8.35. The first-order chi connectivity index (χ1) is 31.8. The molecule has 1 fully saturated rings. The van der Waals surface area contributed by atoms with Crippen molar-refractivity contribution in [2.45, 2.75) is 289 Å². The highest BCUT2D eigenvalue weighted by molar-refractivity contribution is 5.84. The molecular formula is C55H97NO9. The summed E-state index contributed by atoms with van der Waals surface area (Å²) in [5.41, 5.74) is 0.855. The predicted molar refractivity (Wildman–Crippen MR) is 263 cm³/mol. The van der Waals surface area contributed by atoms with Crippen LogP contribution in [0.5, 0.6) is 0 Å². The second-order valence-electron chi connectivity index (χ2n) is 19.0. The number of aliphatic hydroxyl groups is 2. The third kappa shape index (κ3) is 29.1. The Hall–Kier alpha value is -2.53. The van der Waals surface area contributed by atoms with Crippen molar-refractivity contribution in [2.75, 3.05) is 6.61 Å². The zero-order valence-corrected chi connectivity index (χ0v) is 41.8. The van der Waals surface area contributed by atoms with Gasteiger partial charge in [-0.15, -0.1) is 0 Å². The van der Waals surface area contributed by atoms with Gasteiger partial charge in [0.2, 0.25) is 0 Å². The average molecular weight is 916 g/mol. The highest BCUT2D eigenvalue weighted by atomic mass is 16.7. The molecule has 2 rings (SSSR count). The van der Waals surface area contributed by atoms with Crippen LogP contribution < -0.4 is 5.32 Å². The van der Waals surface area contributed by atoms with Crippen LogP contribution in [0.25, 0.3) is 0 Å². The van der Waals surface area contributed by atoms with Gasteiger partial charge in [0, 0.05) is 12.8 Å². The lowest BCUT2D eigenvalue weighted by atomic mass is 9.95. The van der Waals surface area contributed by atoms with Crippen LogP contribution >= 0.6 is 0 Å². The third-order valence-electron chi connectivity index (χ3n) is 13.0. The molecule has 0 aromatic heterocycles. The molecule has 65 heavy (non-hydrogen) atoms. The van der Waals surface area contributed by atoms with Crippen molar-refractivity contribution in [1.82, 2.24) is 5.32 Å². The summed E-state index contributed by atoms with van der Waals surface area (Å²) in [5.74, 6) is -1.44. The average Bonchev–Trinajstić information content (AvgIpc) is 3.31. The molecule has 0 saturated carbocycles. The number of carbonyl (C=O) groups is 3. The van der Waals surface area contributed by atoms with Gasteiger partial charge in [-0.3, -0.25) is 14.4 Å². The smallest absolute Gasteiger partial charge is 0.306 e. The molecule has 3 N–H and O–H groups in total. The lowest BCUT2D eigenvalue weighted by Gasteiger charge is -2.44. The highest BCUT2D eigenvalue weighted by Gasteiger charge is 2.49. The first-order valence-electron chi connectivity index (χ1n) is 27.1. The van der Waals surface area contributed by atoms with Gasteiger partial charge >= 0.3 is 11.9 Å². The molecular weight excluding hydrogens is 819 g/mol. The summed E-state index contributed by atoms with van der Waals surface area (Å²) in [6.07, 6.45) is 31.6. The number of hydrogen-bond donors (Lipinski definition) is 3. The number of ether oxygens (including phenoxy) is 4. The largest absolute Gasteiger partial charge is 0.457 e. The SMILES string of the molecule is CCCCCCCCCCCCCC(=O)OC(CCCCCCCCCCCC)C(=O)N[C@H]1C(OCc2ccccc2)O[C@H](CO)[C@@H](O)[C@@H]1OC(=O)CCCCCCCCCCCCC. The van der Waals surface area contributed by atoms with Crippen LogP contribution in [-0.2, 0) is 39.9 Å². The van der Waals surface area contributed by atoms with Gasteiger partial charge in [0.05, 0.1) is 13.2 Å². The van der Waals surface area contributed by atoms with Crippen molar-refractivity contribution in [3.8, 4) is 0 Å². The zero-order chi connectivity index (χ0) is 47.0. The van der Waals surface area contributed by atoms with E-state index in [9.17, 15) is 24.6 Å². The van der Waals surface area contributed by atoms with Crippen molar-refractivity contribution in [2.24, 2.45) is 0 Å². The van der Waals surface area contributed by atoms with Crippen molar-refractivity contribution in [1.29, 1.82) is 0 Å². The Morgan fingerprint density at radius 3 is 1.45 bits per heavy atom. The van der Waals surface area contributed by atoms with E-state index in [0.717, 1.165) is 63.4 Å². The minimum Gasteiger partial charge on any atom is -0.457 e. The Balaban J connectivity index is 2.10. The maximum atomic E-state index is 14.3. The first kappa shape index (κ1) is 58.6. The van der Waals surface area contributed by atoms with Gasteiger partial charge in [0.15, 0.2) is 18.5 Å². The normalized spacial score (nSPS) is 18.9. The van der Waals surface area contributed by atoms with Crippen molar-refractivity contribution in [3.63, 3.8) is 0 Å². The van der Waals surface area contributed by atoms with Crippen LogP contribution in [0.2, 0.25) is 0 Å². The fourth-order valence-corrected chi connectivity index (χ4v) is 8.87. The van der Waals surface area contributed by atoms with E-state index in [1.165, 1.54) is 128 Å². The molecule has 1 aromatic rings. The number of rotatable bonds is 43. The minimum atomic E-state index is -1.44. The van der Waals surface area contributed by atoms with Gasteiger partial charge in [-0.1, -0.05) is 237 Å². The van der Waals surface area contributed by atoms with Gasteiger partial charge < -0.3 is 34.5 Å². The van der Waals surface area contributed by atoms with E-state index in [1.54, 1.807) is 0 Å². The van der Waals surface area contributed by atoms with Crippen molar-refractivity contribution >= 4 is 17.8 Å². The molecule has 1 aliphatic heterocycles. The number of amides is 1. The van der Waals surface area contributed by atoms with Crippen molar-refractivity contribution < 1.29 is 43.5 Å². The first-order valence-corrected chi connectivity index (χ1v) is 27.1. The Labute approximate surface area is 396 Å². The molecule has 0 spiro atoms. The maximum Gasteiger partial charge on any atom is 0.306 e. The second kappa shape index (κ2) is 40.5. The van der Waals surface area contributed by atoms with E-state index in [1.807, 2.05) is 30.3 Å². The molecule has 0 aliphatic carbocycles. The van der Waals surface area contributed by atoms with Gasteiger partial charge in [0.25, 0.3) is 5.91 Å². The molecule has 376 valence electrons. The molecule has 1 aliphatic rings. The molecule has 10 nitrogen and oxygen atoms in total. The number of esters is 2. The fraction of sp³-hybridized carbons (Fsp3) is 0.836. The number of hydrogen-bond acceptors (Lipinski definition) is 9. The van der Waals surface area contributed by atoms with Gasteiger partial charge in [0.1, 0.15) is 18.2 Å². The summed E-state index contributed by atoms with van der Waals surface area (Å²) >= 11 is 0. The molecule has 6 atom stereocenters. The predicted octanol–water partition coefficient (Wildman–Crippen LogP) is 13.3. The molecule has 2 unspecified atom stereocenters. The molecule has 10 heteroatoms.